The molecule has 1 N–H and O–H groups in total. The van der Waals surface area contributed by atoms with Gasteiger partial charge in [0.05, 0.1) is 17.5 Å². The van der Waals surface area contributed by atoms with Gasteiger partial charge in [-0.05, 0) is 25.1 Å². The minimum atomic E-state index is 0.579. The fraction of sp³-hybridized carbons (Fsp3) is 0.188. The van der Waals surface area contributed by atoms with Crippen molar-refractivity contribution in [2.75, 3.05) is 24.0 Å². The number of nitrogens with zero attached hydrogens (tertiary/aromatic N) is 4. The molecule has 3 aromatic rings. The van der Waals surface area contributed by atoms with Crippen LogP contribution in [0, 0.1) is 0 Å². The number of aromatic nitrogens is 3. The third kappa shape index (κ3) is 3.57. The van der Waals surface area contributed by atoms with Crippen molar-refractivity contribution >= 4 is 44.2 Å². The van der Waals surface area contributed by atoms with E-state index in [1.54, 1.807) is 11.3 Å². The summed E-state index contributed by atoms with van der Waals surface area (Å²) in [5.41, 5.74) is 1.74. The van der Waals surface area contributed by atoms with Crippen LogP contribution in [0.3, 0.4) is 0 Å². The standard InChI is InChI=1S/C16H16BrN5O/c1-3-23-22(2)15-8-14-13(9-18-15)16(20-10-19-14)21-12-6-4-5-11(17)7-12/h4-10H,3H2,1-2H3,(H,19,20,21). The molecule has 1 aromatic carbocycles. The zero-order chi connectivity index (χ0) is 16.2. The molecule has 0 fully saturated rings. The monoisotopic (exact) mass is 373 g/mol. The van der Waals surface area contributed by atoms with E-state index in [-0.39, 0.29) is 0 Å². The van der Waals surface area contributed by atoms with Gasteiger partial charge in [0.25, 0.3) is 0 Å². The molecule has 0 spiro atoms. The Morgan fingerprint density at radius 2 is 2.09 bits per heavy atom. The lowest BCUT2D eigenvalue weighted by atomic mass is 10.2. The number of pyridine rings is 1. The van der Waals surface area contributed by atoms with E-state index in [1.165, 1.54) is 6.33 Å². The van der Waals surface area contributed by atoms with Crippen LogP contribution >= 0.6 is 15.9 Å². The summed E-state index contributed by atoms with van der Waals surface area (Å²) in [6, 6.07) is 9.77. The van der Waals surface area contributed by atoms with Gasteiger partial charge in [-0.3, -0.25) is 4.84 Å². The molecule has 7 heteroatoms. The highest BCUT2D eigenvalue weighted by Crippen LogP contribution is 2.25. The van der Waals surface area contributed by atoms with Gasteiger partial charge in [0.1, 0.15) is 12.1 Å². The molecule has 6 nitrogen and oxygen atoms in total. The predicted molar refractivity (Wildman–Crippen MR) is 94.8 cm³/mol. The van der Waals surface area contributed by atoms with Crippen LogP contribution in [-0.2, 0) is 4.84 Å². The number of halogens is 1. The molecule has 118 valence electrons. The average molecular weight is 374 g/mol. The van der Waals surface area contributed by atoms with Gasteiger partial charge in [0.15, 0.2) is 5.82 Å². The Bertz CT molecular complexity index is 826. The lowest BCUT2D eigenvalue weighted by molar-refractivity contribution is 0.133. The highest BCUT2D eigenvalue weighted by atomic mass is 79.9. The lowest BCUT2D eigenvalue weighted by Crippen LogP contribution is -2.18. The van der Waals surface area contributed by atoms with E-state index in [1.807, 2.05) is 44.3 Å². The van der Waals surface area contributed by atoms with Crippen molar-refractivity contribution in [3.63, 3.8) is 0 Å². The summed E-state index contributed by atoms with van der Waals surface area (Å²) < 4.78 is 1.000. The molecule has 0 amide bonds. The molecule has 3 rings (SSSR count). The smallest absolute Gasteiger partial charge is 0.154 e. The SMILES string of the molecule is CCON(C)c1cc2ncnc(Nc3cccc(Br)c3)c2cn1. The van der Waals surface area contributed by atoms with E-state index < -0.39 is 0 Å². The number of anilines is 3. The third-order valence-electron chi connectivity index (χ3n) is 3.24. The largest absolute Gasteiger partial charge is 0.340 e. The summed E-state index contributed by atoms with van der Waals surface area (Å²) in [5, 5.41) is 5.77. The van der Waals surface area contributed by atoms with Crippen molar-refractivity contribution in [3.8, 4) is 0 Å². The van der Waals surface area contributed by atoms with Crippen LogP contribution in [0.25, 0.3) is 10.9 Å². The maximum atomic E-state index is 5.42. The first kappa shape index (κ1) is 15.6. The molecule has 0 atom stereocenters. The zero-order valence-electron chi connectivity index (χ0n) is 12.8. The normalized spacial score (nSPS) is 10.7. The molecule has 0 bridgehead atoms. The van der Waals surface area contributed by atoms with Crippen LogP contribution in [0.15, 0.2) is 47.3 Å². The number of hydrogen-bond acceptors (Lipinski definition) is 6. The van der Waals surface area contributed by atoms with Gasteiger partial charge in [0, 0.05) is 29.5 Å². The number of fused-ring (bicyclic) bond motifs is 1. The predicted octanol–water partition coefficient (Wildman–Crippen LogP) is 3.92. The molecule has 0 saturated heterocycles. The van der Waals surface area contributed by atoms with Gasteiger partial charge in [0.2, 0.25) is 0 Å². The van der Waals surface area contributed by atoms with Crippen LogP contribution in [-0.4, -0.2) is 28.6 Å². The summed E-state index contributed by atoms with van der Waals surface area (Å²) >= 11 is 3.46. The van der Waals surface area contributed by atoms with E-state index >= 15 is 0 Å². The van der Waals surface area contributed by atoms with Crippen LogP contribution in [0.2, 0.25) is 0 Å². The van der Waals surface area contributed by atoms with Crippen molar-refractivity contribution < 1.29 is 4.84 Å². The first-order chi connectivity index (χ1) is 11.2. The van der Waals surface area contributed by atoms with Crippen LogP contribution in [0.1, 0.15) is 6.92 Å². The molecule has 23 heavy (non-hydrogen) atoms. The highest BCUT2D eigenvalue weighted by molar-refractivity contribution is 9.10. The van der Waals surface area contributed by atoms with Crippen molar-refractivity contribution in [2.45, 2.75) is 6.92 Å². The van der Waals surface area contributed by atoms with Crippen molar-refractivity contribution in [1.82, 2.24) is 15.0 Å². The van der Waals surface area contributed by atoms with Gasteiger partial charge in [-0.1, -0.05) is 22.0 Å². The van der Waals surface area contributed by atoms with E-state index in [2.05, 4.69) is 36.2 Å². The fourth-order valence-corrected chi connectivity index (χ4v) is 2.58. The van der Waals surface area contributed by atoms with Crippen molar-refractivity contribution in [3.05, 3.63) is 47.3 Å². The number of nitrogens with one attached hydrogen (secondary N) is 1. The van der Waals surface area contributed by atoms with Crippen LogP contribution < -0.4 is 10.4 Å². The second-order valence-electron chi connectivity index (χ2n) is 4.83. The first-order valence-electron chi connectivity index (χ1n) is 7.17. The summed E-state index contributed by atoms with van der Waals surface area (Å²) in [4.78, 5) is 18.5. The minimum absolute atomic E-state index is 0.579. The van der Waals surface area contributed by atoms with E-state index in [0.717, 1.165) is 21.1 Å². The van der Waals surface area contributed by atoms with Gasteiger partial charge in [-0.25, -0.2) is 20.0 Å². The summed E-state index contributed by atoms with van der Waals surface area (Å²) in [6.07, 6.45) is 3.29. The maximum Gasteiger partial charge on any atom is 0.154 e. The van der Waals surface area contributed by atoms with Crippen molar-refractivity contribution in [1.29, 1.82) is 0 Å². The lowest BCUT2D eigenvalue weighted by Gasteiger charge is -2.17. The molecule has 0 aliphatic carbocycles. The van der Waals surface area contributed by atoms with Crippen molar-refractivity contribution in [2.24, 2.45) is 0 Å². The van der Waals surface area contributed by atoms with Crippen LogP contribution in [0.5, 0.6) is 0 Å². The fourth-order valence-electron chi connectivity index (χ4n) is 2.18. The van der Waals surface area contributed by atoms with E-state index in [9.17, 15) is 0 Å². The van der Waals surface area contributed by atoms with E-state index in [0.29, 0.717) is 18.2 Å². The van der Waals surface area contributed by atoms with Gasteiger partial charge in [-0.15, -0.1) is 0 Å². The van der Waals surface area contributed by atoms with Crippen LogP contribution in [0.4, 0.5) is 17.3 Å². The zero-order valence-corrected chi connectivity index (χ0v) is 14.4. The van der Waals surface area contributed by atoms with Gasteiger partial charge < -0.3 is 5.32 Å². The molecule has 2 heterocycles. The molecule has 0 saturated carbocycles. The summed E-state index contributed by atoms with van der Waals surface area (Å²) in [7, 11) is 1.82. The molecule has 0 unspecified atom stereocenters. The number of hydroxylamine groups is 1. The first-order valence-corrected chi connectivity index (χ1v) is 7.96. The number of benzene rings is 1. The maximum absolute atomic E-state index is 5.42. The Kier molecular flexibility index (Phi) is 4.68. The molecule has 0 aliphatic heterocycles. The molecular formula is C16H16BrN5O. The Hall–Kier alpha value is -2.25. The Morgan fingerprint density at radius 3 is 2.87 bits per heavy atom. The van der Waals surface area contributed by atoms with Gasteiger partial charge >= 0.3 is 0 Å². The summed E-state index contributed by atoms with van der Waals surface area (Å²) in [5.74, 6) is 1.41. The molecule has 0 radical (unpaired) electrons. The second-order valence-corrected chi connectivity index (χ2v) is 5.75. The number of hydrogen-bond donors (Lipinski definition) is 1. The Labute approximate surface area is 142 Å². The molecule has 2 aromatic heterocycles. The number of rotatable bonds is 5. The van der Waals surface area contributed by atoms with Gasteiger partial charge in [-0.2, -0.15) is 0 Å². The quantitative estimate of drug-likeness (QED) is 0.683. The molecule has 0 aliphatic rings. The topological polar surface area (TPSA) is 63.2 Å². The highest BCUT2D eigenvalue weighted by Gasteiger charge is 2.09. The average Bonchev–Trinajstić information content (AvgIpc) is 2.55. The minimum Gasteiger partial charge on any atom is -0.340 e. The van der Waals surface area contributed by atoms with E-state index in [4.69, 9.17) is 4.84 Å². The Balaban J connectivity index is 1.95. The second kappa shape index (κ2) is 6.89. The third-order valence-corrected chi connectivity index (χ3v) is 3.73. The molecular weight excluding hydrogens is 358 g/mol. The summed E-state index contributed by atoms with van der Waals surface area (Å²) in [6.45, 7) is 2.51. The Morgan fingerprint density at radius 1 is 1.22 bits per heavy atom.